The first-order valence-electron chi connectivity index (χ1n) is 8.08. The largest absolute Gasteiger partial charge is 0.489 e. The van der Waals surface area contributed by atoms with Crippen LogP contribution in [0.25, 0.3) is 10.8 Å². The van der Waals surface area contributed by atoms with Gasteiger partial charge < -0.3 is 10.1 Å². The molecular weight excluding hydrogens is 312 g/mol. The number of ether oxygens (including phenoxy) is 1. The van der Waals surface area contributed by atoms with Crippen molar-refractivity contribution >= 4 is 16.7 Å². The van der Waals surface area contributed by atoms with E-state index in [2.05, 4.69) is 29.6 Å². The van der Waals surface area contributed by atoms with E-state index >= 15 is 0 Å². The molecule has 0 spiro atoms. The number of carbonyl (C=O) groups excluding carboxylic acids is 1. The molecule has 4 heteroatoms. The van der Waals surface area contributed by atoms with Gasteiger partial charge in [-0.1, -0.05) is 54.6 Å². The molecule has 4 nitrogen and oxygen atoms in total. The number of rotatable bonds is 6. The Hall–Kier alpha value is -3.32. The van der Waals surface area contributed by atoms with Gasteiger partial charge in [0.15, 0.2) is 0 Å². The molecule has 0 aliphatic heterocycles. The molecule has 0 saturated heterocycles. The van der Waals surface area contributed by atoms with E-state index < -0.39 is 0 Å². The van der Waals surface area contributed by atoms with Crippen LogP contribution in [0, 0.1) is 11.3 Å². The number of hydrogen-bond donors (Lipinski definition) is 1. The number of benzene rings is 3. The maximum Gasteiger partial charge on any atom is 0.234 e. The topological polar surface area (TPSA) is 62.1 Å². The van der Waals surface area contributed by atoms with Crippen LogP contribution in [0.15, 0.2) is 66.7 Å². The highest BCUT2D eigenvalue weighted by Crippen LogP contribution is 2.21. The monoisotopic (exact) mass is 330 g/mol. The Kier molecular flexibility index (Phi) is 5.28. The van der Waals surface area contributed by atoms with Crippen LogP contribution in [-0.2, 0) is 17.9 Å². The second-order valence-corrected chi connectivity index (χ2v) is 5.68. The van der Waals surface area contributed by atoms with Crippen LogP contribution in [-0.4, -0.2) is 5.91 Å². The number of amides is 1. The summed E-state index contributed by atoms with van der Waals surface area (Å²) < 4.78 is 5.89. The lowest BCUT2D eigenvalue weighted by Gasteiger charge is -2.10. The number of hydrogen-bond acceptors (Lipinski definition) is 3. The average molecular weight is 330 g/mol. The van der Waals surface area contributed by atoms with Crippen LogP contribution >= 0.6 is 0 Å². The summed E-state index contributed by atoms with van der Waals surface area (Å²) in [5.41, 5.74) is 2.11. The molecule has 25 heavy (non-hydrogen) atoms. The van der Waals surface area contributed by atoms with E-state index in [9.17, 15) is 4.79 Å². The van der Waals surface area contributed by atoms with Crippen molar-refractivity contribution in [2.45, 2.75) is 19.6 Å². The lowest BCUT2D eigenvalue weighted by atomic mass is 10.1. The van der Waals surface area contributed by atoms with E-state index in [0.717, 1.165) is 16.9 Å². The van der Waals surface area contributed by atoms with Gasteiger partial charge in [0.2, 0.25) is 5.91 Å². The molecule has 3 aromatic carbocycles. The summed E-state index contributed by atoms with van der Waals surface area (Å²) in [4.78, 5) is 11.3. The van der Waals surface area contributed by atoms with Crippen LogP contribution in [0.4, 0.5) is 0 Å². The molecule has 0 aromatic heterocycles. The highest BCUT2D eigenvalue weighted by molar-refractivity contribution is 5.85. The molecule has 1 N–H and O–H groups in total. The molecular formula is C21H18N2O2. The summed E-state index contributed by atoms with van der Waals surface area (Å²) in [5, 5.41) is 13.6. The molecule has 3 rings (SSSR count). The molecule has 0 atom stereocenters. The van der Waals surface area contributed by atoms with Gasteiger partial charge in [-0.2, -0.15) is 5.26 Å². The maximum atomic E-state index is 11.3. The van der Waals surface area contributed by atoms with Gasteiger partial charge >= 0.3 is 0 Å². The van der Waals surface area contributed by atoms with E-state index in [4.69, 9.17) is 10.00 Å². The van der Waals surface area contributed by atoms with E-state index in [-0.39, 0.29) is 12.3 Å². The van der Waals surface area contributed by atoms with Crippen LogP contribution in [0.5, 0.6) is 5.75 Å². The number of fused-ring (bicyclic) bond motifs is 1. The SMILES string of the molecule is N#CCC(=O)NCc1ccc(OCc2cccc3ccccc23)cc1. The van der Waals surface area contributed by atoms with E-state index in [0.29, 0.717) is 13.2 Å². The Morgan fingerprint density at radius 1 is 1.00 bits per heavy atom. The lowest BCUT2D eigenvalue weighted by Crippen LogP contribution is -2.21. The first kappa shape index (κ1) is 16.5. The van der Waals surface area contributed by atoms with Crippen molar-refractivity contribution in [2.24, 2.45) is 0 Å². The fourth-order valence-electron chi connectivity index (χ4n) is 2.62. The van der Waals surface area contributed by atoms with Gasteiger partial charge in [0, 0.05) is 6.54 Å². The van der Waals surface area contributed by atoms with Gasteiger partial charge in [0.25, 0.3) is 0 Å². The van der Waals surface area contributed by atoms with Gasteiger partial charge in [-0.25, -0.2) is 0 Å². The summed E-state index contributed by atoms with van der Waals surface area (Å²) in [6.07, 6.45) is -0.119. The first-order valence-corrected chi connectivity index (χ1v) is 8.08. The Balaban J connectivity index is 1.60. The predicted molar refractivity (Wildman–Crippen MR) is 96.8 cm³/mol. The smallest absolute Gasteiger partial charge is 0.234 e. The van der Waals surface area contributed by atoms with Crippen molar-refractivity contribution in [3.63, 3.8) is 0 Å². The summed E-state index contributed by atoms with van der Waals surface area (Å²) >= 11 is 0. The summed E-state index contributed by atoms with van der Waals surface area (Å²) in [7, 11) is 0. The van der Waals surface area contributed by atoms with Gasteiger partial charge in [-0.15, -0.1) is 0 Å². The second kappa shape index (κ2) is 7.98. The average Bonchev–Trinajstić information content (AvgIpc) is 2.66. The third kappa shape index (κ3) is 4.36. The Bertz CT molecular complexity index is 906. The lowest BCUT2D eigenvalue weighted by molar-refractivity contribution is -0.120. The Morgan fingerprint density at radius 2 is 1.76 bits per heavy atom. The zero-order valence-corrected chi connectivity index (χ0v) is 13.7. The van der Waals surface area contributed by atoms with Crippen molar-refractivity contribution in [3.05, 3.63) is 77.9 Å². The van der Waals surface area contributed by atoms with Crippen LogP contribution < -0.4 is 10.1 Å². The number of nitrogens with zero attached hydrogens (tertiary/aromatic N) is 1. The van der Waals surface area contributed by atoms with Crippen molar-refractivity contribution in [2.75, 3.05) is 0 Å². The van der Waals surface area contributed by atoms with E-state index in [1.165, 1.54) is 10.8 Å². The molecule has 1 amide bonds. The quantitative estimate of drug-likeness (QED) is 0.744. The summed E-state index contributed by atoms with van der Waals surface area (Å²) in [6, 6.07) is 23.9. The Morgan fingerprint density at radius 3 is 2.56 bits per heavy atom. The van der Waals surface area contributed by atoms with Gasteiger partial charge in [-0.3, -0.25) is 4.79 Å². The highest BCUT2D eigenvalue weighted by atomic mass is 16.5. The molecule has 0 aliphatic carbocycles. The third-order valence-electron chi connectivity index (χ3n) is 3.93. The molecule has 0 heterocycles. The zero-order valence-electron chi connectivity index (χ0n) is 13.7. The second-order valence-electron chi connectivity index (χ2n) is 5.68. The summed E-state index contributed by atoms with van der Waals surface area (Å²) in [5.74, 6) is 0.513. The zero-order chi connectivity index (χ0) is 17.5. The fourth-order valence-corrected chi connectivity index (χ4v) is 2.62. The number of nitrogens with one attached hydrogen (secondary N) is 1. The van der Waals surface area contributed by atoms with E-state index in [1.54, 1.807) is 0 Å². The highest BCUT2D eigenvalue weighted by Gasteiger charge is 2.03. The van der Waals surface area contributed by atoms with Crippen molar-refractivity contribution < 1.29 is 9.53 Å². The number of carbonyl (C=O) groups is 1. The molecule has 0 unspecified atom stereocenters. The first-order chi connectivity index (χ1) is 12.3. The fraction of sp³-hybridized carbons (Fsp3) is 0.143. The molecule has 124 valence electrons. The van der Waals surface area contributed by atoms with Crippen LogP contribution in [0.2, 0.25) is 0 Å². The van der Waals surface area contributed by atoms with Gasteiger partial charge in [-0.05, 0) is 34.0 Å². The van der Waals surface area contributed by atoms with Crippen LogP contribution in [0.3, 0.4) is 0 Å². The minimum atomic E-state index is -0.265. The standard InChI is InChI=1S/C21H18N2O2/c22-13-12-21(24)23-14-16-8-10-19(11-9-16)25-15-18-6-3-5-17-4-1-2-7-20(17)18/h1-11H,12,14-15H2,(H,23,24). The molecule has 0 aliphatic rings. The van der Waals surface area contributed by atoms with Crippen molar-refractivity contribution in [3.8, 4) is 11.8 Å². The molecule has 0 fully saturated rings. The minimum absolute atomic E-state index is 0.119. The van der Waals surface area contributed by atoms with Crippen molar-refractivity contribution in [1.82, 2.24) is 5.32 Å². The Labute approximate surface area is 146 Å². The van der Waals surface area contributed by atoms with Crippen molar-refractivity contribution in [1.29, 1.82) is 5.26 Å². The van der Waals surface area contributed by atoms with Crippen LogP contribution in [0.1, 0.15) is 17.5 Å². The molecule has 0 radical (unpaired) electrons. The predicted octanol–water partition coefficient (Wildman–Crippen LogP) is 3.95. The molecule has 0 saturated carbocycles. The van der Waals surface area contributed by atoms with E-state index in [1.807, 2.05) is 48.5 Å². The molecule has 3 aromatic rings. The number of nitriles is 1. The van der Waals surface area contributed by atoms with Gasteiger partial charge in [0.1, 0.15) is 18.8 Å². The summed E-state index contributed by atoms with van der Waals surface area (Å²) in [6.45, 7) is 0.906. The third-order valence-corrected chi connectivity index (χ3v) is 3.93. The normalized spacial score (nSPS) is 10.2. The van der Waals surface area contributed by atoms with Gasteiger partial charge in [0.05, 0.1) is 6.07 Å². The molecule has 0 bridgehead atoms. The minimum Gasteiger partial charge on any atom is -0.489 e. The maximum absolute atomic E-state index is 11.3.